The Balaban J connectivity index is 0.000000211. The van der Waals surface area contributed by atoms with Crippen molar-refractivity contribution < 1.29 is 28.9 Å². The second kappa shape index (κ2) is 8.08. The van der Waals surface area contributed by atoms with Crippen molar-refractivity contribution in [3.05, 3.63) is 82.5 Å². The smallest absolute Gasteiger partial charge is 0.337 e. The summed E-state index contributed by atoms with van der Waals surface area (Å²) in [5.41, 5.74) is 0.351. The van der Waals surface area contributed by atoms with Gasteiger partial charge in [-0.2, -0.15) is 0 Å². The maximum absolute atomic E-state index is 11.4. The van der Waals surface area contributed by atoms with E-state index in [2.05, 4.69) is 0 Å². The van der Waals surface area contributed by atoms with E-state index in [0.717, 1.165) is 0 Å². The largest absolute Gasteiger partial charge is 0.508 e. The lowest BCUT2D eigenvalue weighted by Crippen LogP contribution is -2.05. The molecule has 0 saturated carbocycles. The Morgan fingerprint density at radius 1 is 0.964 bits per heavy atom. The summed E-state index contributed by atoms with van der Waals surface area (Å²) in [4.78, 5) is 31.3. The van der Waals surface area contributed by atoms with E-state index in [9.17, 15) is 24.4 Å². The van der Waals surface area contributed by atoms with Gasteiger partial charge in [0.05, 0.1) is 5.56 Å². The van der Waals surface area contributed by atoms with Gasteiger partial charge in [-0.15, -0.1) is 0 Å². The van der Waals surface area contributed by atoms with Crippen LogP contribution in [0.1, 0.15) is 10.4 Å². The molecule has 0 aromatic heterocycles. The summed E-state index contributed by atoms with van der Waals surface area (Å²) < 4.78 is 15.9. The minimum Gasteiger partial charge on any atom is -0.508 e. The van der Waals surface area contributed by atoms with E-state index in [1.165, 1.54) is 36.4 Å². The number of hydrogen-bond acceptors (Lipinski definition) is 5. The lowest BCUT2D eigenvalue weighted by Gasteiger charge is -2.11. The first-order chi connectivity index (χ1) is 13.4. The first kappa shape index (κ1) is 19.4. The molecule has 1 heterocycles. The third kappa shape index (κ3) is 4.11. The number of hydrogen-bond donors (Lipinski definition) is 3. The van der Waals surface area contributed by atoms with Gasteiger partial charge in [-0.3, -0.25) is 9.36 Å². The van der Waals surface area contributed by atoms with E-state index in [0.29, 0.717) is 16.3 Å². The summed E-state index contributed by atoms with van der Waals surface area (Å²) in [7, 11) is -2.46. The highest BCUT2D eigenvalue weighted by molar-refractivity contribution is 7.47. The van der Waals surface area contributed by atoms with Crippen LogP contribution < -0.4 is 10.7 Å². The minimum atomic E-state index is -2.46. The number of phenols is 1. The highest BCUT2D eigenvalue weighted by Gasteiger charge is 2.20. The zero-order valence-corrected chi connectivity index (χ0v) is 15.3. The van der Waals surface area contributed by atoms with Crippen LogP contribution in [-0.2, 0) is 4.57 Å². The van der Waals surface area contributed by atoms with Crippen LogP contribution in [0, 0.1) is 0 Å². The molecule has 2 aromatic carbocycles. The molecule has 4 rings (SSSR count). The van der Waals surface area contributed by atoms with Gasteiger partial charge in [0.2, 0.25) is 8.03 Å². The van der Waals surface area contributed by atoms with E-state index >= 15 is 0 Å². The minimum absolute atomic E-state index is 0.0368. The number of phenolic OH excluding ortho intramolecular Hbond substituents is 1. The summed E-state index contributed by atoms with van der Waals surface area (Å²) in [5, 5.41) is 19.6. The third-order valence-electron chi connectivity index (χ3n) is 3.91. The average molecular weight is 398 g/mol. The molecule has 0 saturated heterocycles. The van der Waals surface area contributed by atoms with Gasteiger partial charge in [-0.1, -0.05) is 18.2 Å². The van der Waals surface area contributed by atoms with Gasteiger partial charge in [-0.25, -0.2) is 4.79 Å². The lowest BCUT2D eigenvalue weighted by molar-refractivity contribution is 0.0699. The maximum atomic E-state index is 11.4. The lowest BCUT2D eigenvalue weighted by atomic mass is 10.00. The summed E-state index contributed by atoms with van der Waals surface area (Å²) in [5.74, 6) is -0.969. The third-order valence-corrected chi connectivity index (χ3v) is 4.74. The molecule has 142 valence electrons. The monoisotopic (exact) mass is 398 g/mol. The van der Waals surface area contributed by atoms with E-state index in [4.69, 9.17) is 9.31 Å². The Bertz CT molecular complexity index is 1200. The Morgan fingerprint density at radius 2 is 1.68 bits per heavy atom. The normalized spacial score (nSPS) is 11.6. The van der Waals surface area contributed by atoms with Crippen LogP contribution >= 0.6 is 8.03 Å². The molecule has 0 radical (unpaired) electrons. The number of rotatable bonds is 2. The molecule has 1 aliphatic heterocycles. The molecule has 3 N–H and O–H groups in total. The fourth-order valence-electron chi connectivity index (χ4n) is 2.67. The molecular formula is C20H15O7P. The number of carbonyl (C=O) groups is 1. The molecule has 0 bridgehead atoms. The van der Waals surface area contributed by atoms with Crippen LogP contribution in [0.5, 0.6) is 5.75 Å². The Morgan fingerprint density at radius 3 is 2.29 bits per heavy atom. The molecule has 7 nitrogen and oxygen atoms in total. The number of benzene rings is 3. The number of carboxylic acid groups (broad SMARTS) is 1. The maximum Gasteiger partial charge on any atom is 0.337 e. The van der Waals surface area contributed by atoms with Gasteiger partial charge in [-0.05, 0) is 36.4 Å². The Hall–Kier alpha value is -3.41. The molecule has 1 unspecified atom stereocenters. The van der Waals surface area contributed by atoms with E-state index in [-0.39, 0.29) is 28.1 Å². The predicted octanol–water partition coefficient (Wildman–Crippen LogP) is 3.08. The van der Waals surface area contributed by atoms with Crippen molar-refractivity contribution in [2.45, 2.75) is 0 Å². The molecule has 1 atom stereocenters. The van der Waals surface area contributed by atoms with Gasteiger partial charge in [0.15, 0.2) is 5.43 Å². The Kier molecular flexibility index (Phi) is 5.59. The first-order valence-electron chi connectivity index (χ1n) is 8.08. The second-order valence-corrected chi connectivity index (χ2v) is 6.98. The topological polar surface area (TPSA) is 125 Å². The highest BCUT2D eigenvalue weighted by atomic mass is 31.1. The van der Waals surface area contributed by atoms with Crippen molar-refractivity contribution in [1.82, 2.24) is 0 Å². The summed E-state index contributed by atoms with van der Waals surface area (Å²) in [6.45, 7) is 0. The van der Waals surface area contributed by atoms with Crippen LogP contribution in [0.15, 0.2) is 75.9 Å². The van der Waals surface area contributed by atoms with Gasteiger partial charge < -0.3 is 19.5 Å². The van der Waals surface area contributed by atoms with Crippen molar-refractivity contribution in [1.29, 1.82) is 0 Å². The van der Waals surface area contributed by atoms with Crippen LogP contribution in [0.4, 0.5) is 0 Å². The molecule has 0 amide bonds. The number of fused-ring (bicyclic) bond motifs is 2. The number of carboxylic acids is 1. The highest BCUT2D eigenvalue weighted by Crippen LogP contribution is 2.33. The zero-order chi connectivity index (χ0) is 20.3. The molecule has 2 aromatic rings. The van der Waals surface area contributed by atoms with Gasteiger partial charge in [0.1, 0.15) is 17.1 Å². The van der Waals surface area contributed by atoms with Gasteiger partial charge in [0.25, 0.3) is 0 Å². The predicted molar refractivity (Wildman–Crippen MR) is 105 cm³/mol. The Labute approximate surface area is 159 Å². The quantitative estimate of drug-likeness (QED) is 0.350. The number of aromatic hydroxyl groups is 1. The van der Waals surface area contributed by atoms with Crippen LogP contribution in [0.3, 0.4) is 0 Å². The fourth-order valence-corrected chi connectivity index (χ4v) is 3.15. The standard InChI is InChI=1S/C14H8O5.C6H7O2P/c15-7-1-3-9-11(5-7)19-12-6-8(16)2-4-10(12)13(9)14(17)18;7-9(8)6-4-2-1-3-5-6/h1-6,15H,(H,17,18);1-5,9H,(H,7,8). The first-order valence-corrected chi connectivity index (χ1v) is 9.43. The van der Waals surface area contributed by atoms with Crippen molar-refractivity contribution in [2.24, 2.45) is 0 Å². The van der Waals surface area contributed by atoms with Crippen molar-refractivity contribution >= 4 is 30.3 Å². The SMILES string of the molecule is O=C(O)c1c2ccc(=O)cc-2oc2cc(O)ccc12.O=[PH](O)c1ccccc1. The zero-order valence-electron chi connectivity index (χ0n) is 14.3. The molecule has 0 fully saturated rings. The summed E-state index contributed by atoms with van der Waals surface area (Å²) in [6.07, 6.45) is 0. The molecule has 0 spiro atoms. The van der Waals surface area contributed by atoms with Crippen LogP contribution in [-0.4, -0.2) is 21.1 Å². The summed E-state index contributed by atoms with van der Waals surface area (Å²) >= 11 is 0. The molecule has 2 aliphatic rings. The molecular weight excluding hydrogens is 383 g/mol. The fraction of sp³-hybridized carbons (Fsp3) is 0. The van der Waals surface area contributed by atoms with Gasteiger partial charge >= 0.3 is 5.97 Å². The van der Waals surface area contributed by atoms with Crippen LogP contribution in [0.2, 0.25) is 0 Å². The average Bonchev–Trinajstić information content (AvgIpc) is 2.66. The van der Waals surface area contributed by atoms with E-state index in [1.807, 2.05) is 6.07 Å². The van der Waals surface area contributed by atoms with Crippen molar-refractivity contribution in [3.63, 3.8) is 0 Å². The van der Waals surface area contributed by atoms with E-state index in [1.54, 1.807) is 24.3 Å². The molecule has 1 aliphatic carbocycles. The molecule has 28 heavy (non-hydrogen) atoms. The van der Waals surface area contributed by atoms with Crippen molar-refractivity contribution in [3.8, 4) is 17.1 Å². The van der Waals surface area contributed by atoms with Gasteiger partial charge in [0, 0.05) is 28.4 Å². The number of aromatic carboxylic acids is 1. The van der Waals surface area contributed by atoms with Crippen LogP contribution in [0.25, 0.3) is 22.3 Å². The summed E-state index contributed by atoms with van der Waals surface area (Å²) in [6, 6.07) is 16.7. The van der Waals surface area contributed by atoms with Crippen molar-refractivity contribution in [2.75, 3.05) is 0 Å². The second-order valence-electron chi connectivity index (χ2n) is 5.79. The van der Waals surface area contributed by atoms with E-state index < -0.39 is 14.0 Å². The molecule has 8 heteroatoms.